The largest absolute Gasteiger partial charge is 0.358 e. The van der Waals surface area contributed by atoms with Crippen LogP contribution in [0.2, 0.25) is 0 Å². The maximum absolute atomic E-state index is 12.4. The first-order chi connectivity index (χ1) is 14.4. The zero-order valence-electron chi connectivity index (χ0n) is 18.7. The molecule has 1 unspecified atom stereocenters. The van der Waals surface area contributed by atoms with Crippen molar-refractivity contribution < 1.29 is 9.59 Å². The molecule has 2 aromatic rings. The summed E-state index contributed by atoms with van der Waals surface area (Å²) < 4.78 is 0. The van der Waals surface area contributed by atoms with Gasteiger partial charge in [-0.1, -0.05) is 25.1 Å². The fourth-order valence-electron chi connectivity index (χ4n) is 3.82. The Kier molecular flexibility index (Phi) is 8.72. The number of hydrogen-bond donors (Lipinski definition) is 4. The highest BCUT2D eigenvalue weighted by molar-refractivity contribution is 14.0. The highest BCUT2D eigenvalue weighted by Crippen LogP contribution is 2.22. The molecule has 0 saturated carbocycles. The van der Waals surface area contributed by atoms with Gasteiger partial charge in [0.25, 0.3) is 5.91 Å². The number of H-pyrrole nitrogens is 1. The fraction of sp³-hybridized carbons (Fsp3) is 0.500. The van der Waals surface area contributed by atoms with Crippen LogP contribution in [0.25, 0.3) is 10.9 Å². The van der Waals surface area contributed by atoms with Crippen molar-refractivity contribution in [2.24, 2.45) is 4.99 Å². The van der Waals surface area contributed by atoms with Gasteiger partial charge in [-0.05, 0) is 44.7 Å². The lowest BCUT2D eigenvalue weighted by atomic mass is 9.99. The normalized spacial score (nSPS) is 18.8. The topological polar surface area (TPSA) is 102 Å². The monoisotopic (exact) mass is 540 g/mol. The van der Waals surface area contributed by atoms with Gasteiger partial charge >= 0.3 is 6.03 Å². The molecule has 3 rings (SSSR count). The third-order valence-corrected chi connectivity index (χ3v) is 5.82. The molecule has 31 heavy (non-hydrogen) atoms. The summed E-state index contributed by atoms with van der Waals surface area (Å²) in [5.74, 6) is 0.565. The van der Waals surface area contributed by atoms with E-state index in [9.17, 15) is 9.59 Å². The highest BCUT2D eigenvalue weighted by Gasteiger charge is 2.45. The summed E-state index contributed by atoms with van der Waals surface area (Å²) >= 11 is 0. The van der Waals surface area contributed by atoms with E-state index >= 15 is 0 Å². The molecule has 1 fully saturated rings. The van der Waals surface area contributed by atoms with E-state index < -0.39 is 5.54 Å². The number of nitrogens with zero attached hydrogens (tertiary/aromatic N) is 2. The molecule has 9 heteroatoms. The van der Waals surface area contributed by atoms with Crippen molar-refractivity contribution in [1.82, 2.24) is 25.8 Å². The molecule has 4 N–H and O–H groups in total. The van der Waals surface area contributed by atoms with Crippen molar-refractivity contribution in [1.29, 1.82) is 0 Å². The van der Waals surface area contributed by atoms with Crippen molar-refractivity contribution in [2.45, 2.75) is 45.6 Å². The van der Waals surface area contributed by atoms with Crippen LogP contribution in [-0.4, -0.2) is 60.0 Å². The van der Waals surface area contributed by atoms with E-state index in [1.807, 2.05) is 13.0 Å². The second kappa shape index (κ2) is 10.8. The van der Waals surface area contributed by atoms with Gasteiger partial charge in [0.15, 0.2) is 5.96 Å². The molecule has 3 amide bonds. The number of hydrogen-bond acceptors (Lipinski definition) is 3. The van der Waals surface area contributed by atoms with Gasteiger partial charge in [-0.3, -0.25) is 14.7 Å². The minimum Gasteiger partial charge on any atom is -0.358 e. The number of nitrogens with one attached hydrogen (secondary N) is 4. The van der Waals surface area contributed by atoms with E-state index in [2.05, 4.69) is 51.0 Å². The summed E-state index contributed by atoms with van der Waals surface area (Å²) in [6.45, 7) is 7.53. The van der Waals surface area contributed by atoms with Gasteiger partial charge in [-0.15, -0.1) is 24.0 Å². The van der Waals surface area contributed by atoms with Crippen LogP contribution < -0.4 is 16.0 Å². The van der Waals surface area contributed by atoms with E-state index in [4.69, 9.17) is 0 Å². The number of aromatic nitrogens is 1. The second-order valence-electron chi connectivity index (χ2n) is 7.88. The first kappa shape index (κ1) is 25.0. The molecule has 0 spiro atoms. The number of para-hydroxylation sites is 1. The Hall–Kier alpha value is -2.30. The zero-order valence-corrected chi connectivity index (χ0v) is 21.0. The summed E-state index contributed by atoms with van der Waals surface area (Å²) in [6.07, 6.45) is 2.12. The molecule has 1 aromatic heterocycles. The number of rotatable bonds is 8. The number of guanidine groups is 1. The summed E-state index contributed by atoms with van der Waals surface area (Å²) in [5, 5.41) is 10.6. The second-order valence-corrected chi connectivity index (χ2v) is 7.88. The first-order valence-electron chi connectivity index (χ1n) is 10.5. The van der Waals surface area contributed by atoms with Crippen LogP contribution in [0.15, 0.2) is 29.3 Å². The molecule has 2 heterocycles. The molecule has 1 atom stereocenters. The molecule has 170 valence electrons. The van der Waals surface area contributed by atoms with E-state index in [-0.39, 0.29) is 35.9 Å². The number of aliphatic imine (C=N–C) groups is 1. The van der Waals surface area contributed by atoms with Crippen molar-refractivity contribution in [3.63, 3.8) is 0 Å². The number of carbonyl (C=O) groups excluding carboxylic acids is 2. The number of benzene rings is 1. The maximum atomic E-state index is 12.4. The predicted molar refractivity (Wildman–Crippen MR) is 135 cm³/mol. The Bertz CT molecular complexity index is 957. The Morgan fingerprint density at radius 1 is 1.19 bits per heavy atom. The quantitative estimate of drug-likeness (QED) is 0.136. The predicted octanol–water partition coefficient (Wildman–Crippen LogP) is 2.91. The lowest BCUT2D eigenvalue weighted by molar-refractivity contribution is -0.130. The summed E-state index contributed by atoms with van der Waals surface area (Å²) in [4.78, 5) is 33.5. The molecule has 0 aliphatic carbocycles. The molecule has 8 nitrogen and oxygen atoms in total. The SMILES string of the molecule is CCC1(C)NC(=O)N(CCCNC(=NC)NCCc2c(C)[nH]c3ccccc23)C1=O.I. The van der Waals surface area contributed by atoms with Crippen molar-refractivity contribution >= 4 is 52.8 Å². The van der Waals surface area contributed by atoms with Gasteiger partial charge in [0.05, 0.1) is 0 Å². The van der Waals surface area contributed by atoms with Gasteiger partial charge in [-0.2, -0.15) is 0 Å². The Morgan fingerprint density at radius 2 is 1.90 bits per heavy atom. The van der Waals surface area contributed by atoms with Gasteiger partial charge in [-0.25, -0.2) is 4.79 Å². The van der Waals surface area contributed by atoms with Crippen LogP contribution in [0.4, 0.5) is 4.79 Å². The standard InChI is InChI=1S/C22H32N6O2.HI/c1-5-22(3)19(29)28(21(30)27-22)14-8-12-24-20(23-4)25-13-11-16-15(2)26-18-10-7-6-9-17(16)18;/h6-7,9-10,26H,5,8,11-14H2,1-4H3,(H,27,30)(H2,23,24,25);1H. The van der Waals surface area contributed by atoms with E-state index in [0.717, 1.165) is 18.5 Å². The van der Waals surface area contributed by atoms with Crippen LogP contribution in [0.1, 0.15) is 37.9 Å². The highest BCUT2D eigenvalue weighted by atomic mass is 127. The minimum absolute atomic E-state index is 0. The number of fused-ring (bicyclic) bond motifs is 1. The number of carbonyl (C=O) groups is 2. The number of amides is 3. The van der Waals surface area contributed by atoms with Crippen LogP contribution in [0.5, 0.6) is 0 Å². The molecule has 1 aliphatic rings. The van der Waals surface area contributed by atoms with Crippen molar-refractivity contribution in [2.75, 3.05) is 26.7 Å². The number of aryl methyl sites for hydroxylation is 1. The number of halogens is 1. The molecule has 1 aromatic carbocycles. The molecular weight excluding hydrogens is 507 g/mol. The van der Waals surface area contributed by atoms with E-state index in [0.29, 0.717) is 31.9 Å². The van der Waals surface area contributed by atoms with Crippen molar-refractivity contribution in [3.8, 4) is 0 Å². The molecule has 0 bridgehead atoms. The number of aromatic amines is 1. The maximum Gasteiger partial charge on any atom is 0.325 e. The third kappa shape index (κ3) is 5.50. The van der Waals surface area contributed by atoms with Crippen LogP contribution >= 0.6 is 24.0 Å². The lowest BCUT2D eigenvalue weighted by Crippen LogP contribution is -2.43. The average molecular weight is 540 g/mol. The summed E-state index contributed by atoms with van der Waals surface area (Å²) in [5.41, 5.74) is 2.88. The van der Waals surface area contributed by atoms with E-state index in [1.54, 1.807) is 14.0 Å². The average Bonchev–Trinajstić information content (AvgIpc) is 3.17. The zero-order chi connectivity index (χ0) is 21.7. The Labute approximate surface area is 200 Å². The summed E-state index contributed by atoms with van der Waals surface area (Å²) in [7, 11) is 1.73. The van der Waals surface area contributed by atoms with Gasteiger partial charge in [0, 0.05) is 43.3 Å². The first-order valence-corrected chi connectivity index (χ1v) is 10.5. The van der Waals surface area contributed by atoms with Gasteiger partial charge < -0.3 is 20.9 Å². The molecule has 1 aliphatic heterocycles. The Morgan fingerprint density at radius 3 is 2.58 bits per heavy atom. The number of imide groups is 1. The molecular formula is C22H33IN6O2. The molecule has 1 saturated heterocycles. The minimum atomic E-state index is -0.775. The van der Waals surface area contributed by atoms with Crippen molar-refractivity contribution in [3.05, 3.63) is 35.5 Å². The van der Waals surface area contributed by atoms with Crippen LogP contribution in [0, 0.1) is 6.92 Å². The number of urea groups is 1. The van der Waals surface area contributed by atoms with E-state index in [1.165, 1.54) is 21.5 Å². The van der Waals surface area contributed by atoms with Gasteiger partial charge in [0.2, 0.25) is 0 Å². The van der Waals surface area contributed by atoms with Crippen LogP contribution in [0.3, 0.4) is 0 Å². The van der Waals surface area contributed by atoms with Gasteiger partial charge in [0.1, 0.15) is 5.54 Å². The van der Waals surface area contributed by atoms with Crippen LogP contribution in [-0.2, 0) is 11.2 Å². The summed E-state index contributed by atoms with van der Waals surface area (Å²) in [6, 6.07) is 8.02. The smallest absolute Gasteiger partial charge is 0.325 e. The Balaban J connectivity index is 0.00000341. The third-order valence-electron chi connectivity index (χ3n) is 5.82. The molecule has 0 radical (unpaired) electrons. The lowest BCUT2D eigenvalue weighted by Gasteiger charge is -2.19. The fourth-order valence-corrected chi connectivity index (χ4v) is 3.82.